The van der Waals surface area contributed by atoms with E-state index in [1.807, 2.05) is 5.32 Å². The van der Waals surface area contributed by atoms with Crippen LogP contribution >= 0.6 is 0 Å². The van der Waals surface area contributed by atoms with Crippen LogP contribution in [0.5, 0.6) is 5.75 Å². The van der Waals surface area contributed by atoms with Crippen LogP contribution in [0.4, 0.5) is 26.3 Å². The van der Waals surface area contributed by atoms with Crippen molar-refractivity contribution in [2.45, 2.75) is 38.0 Å². The van der Waals surface area contributed by atoms with Crippen molar-refractivity contribution in [2.24, 2.45) is 0 Å². The van der Waals surface area contributed by atoms with Gasteiger partial charge in [-0.3, -0.25) is 19.7 Å². The third kappa shape index (κ3) is 3.69. The van der Waals surface area contributed by atoms with E-state index in [9.17, 15) is 40.7 Å². The standard InChI is InChI=1S/C15H10F6N2O4/c16-14(17,18)8-4-7-6(3-10(8)27-15(19,20)21)5-23(13(7)26)9-1-2-11(24)22-12(9)25/h3-4,9H,1-2,5H2,(H,22,24,25). The number of benzene rings is 1. The van der Waals surface area contributed by atoms with E-state index in [-0.39, 0.29) is 31.0 Å². The predicted octanol–water partition coefficient (Wildman–Crippen LogP) is 2.37. The fraction of sp³-hybridized carbons (Fsp3) is 0.400. The molecule has 0 bridgehead atoms. The number of hydrogen-bond donors (Lipinski definition) is 1. The third-order valence-corrected chi connectivity index (χ3v) is 4.15. The number of piperidine rings is 1. The SMILES string of the molecule is O=C1CCC(N2Cc3cc(OC(F)(F)F)c(C(F)(F)F)cc3C2=O)C(=O)N1. The van der Waals surface area contributed by atoms with Gasteiger partial charge >= 0.3 is 12.5 Å². The number of alkyl halides is 6. The molecule has 1 unspecified atom stereocenters. The molecular weight excluding hydrogens is 386 g/mol. The van der Waals surface area contributed by atoms with Crippen molar-refractivity contribution >= 4 is 17.7 Å². The van der Waals surface area contributed by atoms with E-state index in [0.717, 1.165) is 4.90 Å². The molecule has 1 atom stereocenters. The zero-order chi connectivity index (χ0) is 20.1. The lowest BCUT2D eigenvalue weighted by molar-refractivity contribution is -0.276. The number of nitrogens with one attached hydrogen (secondary N) is 1. The molecule has 1 aromatic carbocycles. The van der Waals surface area contributed by atoms with Crippen LogP contribution in [0.15, 0.2) is 12.1 Å². The van der Waals surface area contributed by atoms with Crippen LogP contribution in [0.3, 0.4) is 0 Å². The van der Waals surface area contributed by atoms with Gasteiger partial charge in [0.2, 0.25) is 11.8 Å². The van der Waals surface area contributed by atoms with Gasteiger partial charge in [-0.05, 0) is 24.1 Å². The van der Waals surface area contributed by atoms with E-state index in [1.165, 1.54) is 0 Å². The Bertz CT molecular complexity index is 833. The van der Waals surface area contributed by atoms with Crippen LogP contribution in [0, 0.1) is 0 Å². The number of nitrogens with zero attached hydrogens (tertiary/aromatic N) is 1. The summed E-state index contributed by atoms with van der Waals surface area (Å²) in [6.07, 6.45) is -10.7. The molecule has 12 heteroatoms. The number of halogens is 6. The lowest BCUT2D eigenvalue weighted by Gasteiger charge is -2.29. The van der Waals surface area contributed by atoms with E-state index >= 15 is 0 Å². The summed E-state index contributed by atoms with van der Waals surface area (Å²) in [5.41, 5.74) is -2.37. The Morgan fingerprint density at radius 2 is 1.74 bits per heavy atom. The molecule has 1 fully saturated rings. The first-order chi connectivity index (χ1) is 12.4. The summed E-state index contributed by atoms with van der Waals surface area (Å²) in [4.78, 5) is 36.4. The number of rotatable bonds is 2. The highest BCUT2D eigenvalue weighted by Gasteiger charge is 2.44. The molecule has 3 rings (SSSR count). The fourth-order valence-electron chi connectivity index (χ4n) is 3.02. The van der Waals surface area contributed by atoms with E-state index in [4.69, 9.17) is 0 Å². The van der Waals surface area contributed by atoms with Crippen molar-refractivity contribution in [1.29, 1.82) is 0 Å². The van der Waals surface area contributed by atoms with Gasteiger partial charge in [0.15, 0.2) is 0 Å². The summed E-state index contributed by atoms with van der Waals surface area (Å²) >= 11 is 0. The first kappa shape index (κ1) is 19.0. The maximum absolute atomic E-state index is 13.1. The van der Waals surface area contributed by atoms with Crippen LogP contribution in [-0.4, -0.2) is 35.0 Å². The Morgan fingerprint density at radius 1 is 1.07 bits per heavy atom. The largest absolute Gasteiger partial charge is 0.573 e. The normalized spacial score (nSPS) is 20.6. The predicted molar refractivity (Wildman–Crippen MR) is 74.2 cm³/mol. The zero-order valence-corrected chi connectivity index (χ0v) is 13.2. The Hall–Kier alpha value is -2.79. The van der Waals surface area contributed by atoms with Gasteiger partial charge in [-0.15, -0.1) is 13.2 Å². The molecule has 146 valence electrons. The summed E-state index contributed by atoms with van der Waals surface area (Å²) in [5, 5.41) is 2.01. The van der Waals surface area contributed by atoms with Crippen LogP contribution in [0.1, 0.15) is 34.3 Å². The fourth-order valence-corrected chi connectivity index (χ4v) is 3.02. The van der Waals surface area contributed by atoms with Crippen molar-refractivity contribution in [3.8, 4) is 5.75 Å². The monoisotopic (exact) mass is 396 g/mol. The van der Waals surface area contributed by atoms with Gasteiger partial charge in [-0.25, -0.2) is 0 Å². The number of imide groups is 1. The first-order valence-corrected chi connectivity index (χ1v) is 7.51. The molecule has 0 saturated carbocycles. The van der Waals surface area contributed by atoms with Crippen LogP contribution < -0.4 is 10.1 Å². The molecule has 2 heterocycles. The molecule has 3 amide bonds. The molecule has 1 aromatic rings. The molecule has 0 spiro atoms. The average molecular weight is 396 g/mol. The molecule has 1 saturated heterocycles. The number of carbonyl (C=O) groups is 3. The summed E-state index contributed by atoms with van der Waals surface area (Å²) < 4.78 is 80.1. The number of carbonyl (C=O) groups excluding carboxylic acids is 3. The van der Waals surface area contributed by atoms with Crippen molar-refractivity contribution in [3.63, 3.8) is 0 Å². The molecular formula is C15H10F6N2O4. The second-order valence-corrected chi connectivity index (χ2v) is 5.95. The topological polar surface area (TPSA) is 75.7 Å². The molecule has 2 aliphatic rings. The van der Waals surface area contributed by atoms with Crippen molar-refractivity contribution in [3.05, 3.63) is 28.8 Å². The molecule has 0 aliphatic carbocycles. The number of ether oxygens (including phenoxy) is 1. The summed E-state index contributed by atoms with van der Waals surface area (Å²) in [6, 6.07) is -0.330. The maximum Gasteiger partial charge on any atom is 0.573 e. The second kappa shape index (κ2) is 6.13. The zero-order valence-electron chi connectivity index (χ0n) is 13.2. The van der Waals surface area contributed by atoms with Crippen LogP contribution in [0.2, 0.25) is 0 Å². The quantitative estimate of drug-likeness (QED) is 0.615. The van der Waals surface area contributed by atoms with Gasteiger partial charge in [0.1, 0.15) is 11.8 Å². The molecule has 2 aliphatic heterocycles. The van der Waals surface area contributed by atoms with Gasteiger partial charge in [-0.2, -0.15) is 13.2 Å². The highest BCUT2D eigenvalue weighted by molar-refractivity contribution is 6.05. The summed E-state index contributed by atoms with van der Waals surface area (Å²) in [6.45, 7) is -0.382. The molecule has 27 heavy (non-hydrogen) atoms. The van der Waals surface area contributed by atoms with Crippen molar-refractivity contribution in [2.75, 3.05) is 0 Å². The first-order valence-electron chi connectivity index (χ1n) is 7.51. The van der Waals surface area contributed by atoms with E-state index < -0.39 is 53.2 Å². The molecule has 6 nitrogen and oxygen atoms in total. The minimum Gasteiger partial charge on any atom is -0.405 e. The van der Waals surface area contributed by atoms with Gasteiger partial charge in [0.25, 0.3) is 5.91 Å². The Kier molecular flexibility index (Phi) is 4.31. The summed E-state index contributed by atoms with van der Waals surface area (Å²) in [7, 11) is 0. The Morgan fingerprint density at radius 3 is 2.30 bits per heavy atom. The van der Waals surface area contributed by atoms with Gasteiger partial charge in [0, 0.05) is 18.5 Å². The lowest BCUT2D eigenvalue weighted by atomic mass is 10.0. The van der Waals surface area contributed by atoms with Crippen LogP contribution in [0.25, 0.3) is 0 Å². The lowest BCUT2D eigenvalue weighted by Crippen LogP contribution is -2.52. The summed E-state index contributed by atoms with van der Waals surface area (Å²) in [5.74, 6) is -3.77. The van der Waals surface area contributed by atoms with E-state index in [1.54, 1.807) is 0 Å². The molecule has 1 N–H and O–H groups in total. The van der Waals surface area contributed by atoms with Gasteiger partial charge in [0.05, 0.1) is 5.56 Å². The average Bonchev–Trinajstić information content (AvgIpc) is 2.80. The van der Waals surface area contributed by atoms with Crippen molar-refractivity contribution < 1.29 is 45.5 Å². The number of fused-ring (bicyclic) bond motifs is 1. The second-order valence-electron chi connectivity index (χ2n) is 5.95. The number of hydrogen-bond acceptors (Lipinski definition) is 4. The maximum atomic E-state index is 13.1. The molecule has 0 radical (unpaired) electrons. The van der Waals surface area contributed by atoms with E-state index in [2.05, 4.69) is 4.74 Å². The minimum atomic E-state index is -5.36. The Labute approximate surface area is 147 Å². The van der Waals surface area contributed by atoms with E-state index in [0.29, 0.717) is 6.07 Å². The van der Waals surface area contributed by atoms with Crippen molar-refractivity contribution in [1.82, 2.24) is 10.2 Å². The smallest absolute Gasteiger partial charge is 0.405 e. The van der Waals surface area contributed by atoms with Crippen LogP contribution in [-0.2, 0) is 22.3 Å². The minimum absolute atomic E-state index is 0.0393. The molecule has 0 aromatic heterocycles. The third-order valence-electron chi connectivity index (χ3n) is 4.15. The highest BCUT2D eigenvalue weighted by Crippen LogP contribution is 2.42. The van der Waals surface area contributed by atoms with Gasteiger partial charge < -0.3 is 9.64 Å². The highest BCUT2D eigenvalue weighted by atomic mass is 19.4. The number of amides is 3. The Balaban J connectivity index is 1.98. The van der Waals surface area contributed by atoms with Gasteiger partial charge in [-0.1, -0.05) is 0 Å².